The van der Waals surface area contributed by atoms with Gasteiger partial charge in [0.2, 0.25) is 5.13 Å². The molecule has 1 heterocycles. The van der Waals surface area contributed by atoms with Crippen LogP contribution in [0.1, 0.15) is 22.4 Å². The van der Waals surface area contributed by atoms with E-state index in [1.54, 1.807) is 5.38 Å². The highest BCUT2D eigenvalue weighted by Gasteiger charge is 2.33. The quantitative estimate of drug-likeness (QED) is 0.519. The van der Waals surface area contributed by atoms with E-state index < -0.39 is 17.6 Å². The van der Waals surface area contributed by atoms with Gasteiger partial charge in [-0.1, -0.05) is 0 Å². The molecule has 0 radical (unpaired) electrons. The Morgan fingerprint density at radius 3 is 2.57 bits per heavy atom. The second-order valence-corrected chi connectivity index (χ2v) is 5.21. The van der Waals surface area contributed by atoms with Crippen LogP contribution in [0.25, 0.3) is 0 Å². The molecule has 1 aromatic carbocycles. The Kier molecular flexibility index (Phi) is 4.26. The first-order valence-corrected chi connectivity index (χ1v) is 6.74. The minimum atomic E-state index is -4.57. The number of rotatable bonds is 3. The van der Waals surface area contributed by atoms with E-state index in [4.69, 9.17) is 0 Å². The topological polar surface area (TPSA) is 37.3 Å². The van der Waals surface area contributed by atoms with Gasteiger partial charge in [-0.2, -0.15) is 18.3 Å². The van der Waals surface area contributed by atoms with Gasteiger partial charge in [0.05, 0.1) is 17.5 Å². The molecule has 0 fully saturated rings. The number of aryl methyl sites for hydroxylation is 2. The largest absolute Gasteiger partial charge is 0.416 e. The van der Waals surface area contributed by atoms with Crippen molar-refractivity contribution in [2.45, 2.75) is 20.0 Å². The normalized spacial score (nSPS) is 12.1. The van der Waals surface area contributed by atoms with E-state index in [2.05, 4.69) is 15.5 Å². The van der Waals surface area contributed by atoms with Crippen LogP contribution in [0.5, 0.6) is 0 Å². The molecule has 0 atom stereocenters. The van der Waals surface area contributed by atoms with Crippen LogP contribution in [0.4, 0.5) is 22.7 Å². The summed E-state index contributed by atoms with van der Waals surface area (Å²) in [4.78, 5) is 4.08. The number of anilines is 1. The van der Waals surface area contributed by atoms with Gasteiger partial charge in [0.25, 0.3) is 0 Å². The van der Waals surface area contributed by atoms with Crippen molar-refractivity contribution >= 4 is 22.7 Å². The minimum Gasteiger partial charge on any atom is -0.253 e. The summed E-state index contributed by atoms with van der Waals surface area (Å²) in [6, 6.07) is 1.58. The molecule has 0 saturated heterocycles. The van der Waals surface area contributed by atoms with Crippen molar-refractivity contribution < 1.29 is 17.6 Å². The van der Waals surface area contributed by atoms with E-state index in [0.717, 1.165) is 18.0 Å². The van der Waals surface area contributed by atoms with Crippen LogP contribution in [0.3, 0.4) is 0 Å². The fraction of sp³-hybridized carbons (Fsp3) is 0.231. The number of halogens is 4. The van der Waals surface area contributed by atoms with Gasteiger partial charge in [0.15, 0.2) is 0 Å². The molecule has 2 rings (SSSR count). The monoisotopic (exact) mass is 317 g/mol. The SMILES string of the molecule is Cc1csc(NN=Cc2cc(C)c(C(F)(F)F)cc2F)n1. The first kappa shape index (κ1) is 15.4. The van der Waals surface area contributed by atoms with Gasteiger partial charge < -0.3 is 0 Å². The molecule has 8 heteroatoms. The summed E-state index contributed by atoms with van der Waals surface area (Å²) in [7, 11) is 0. The Bertz CT molecular complexity index is 677. The van der Waals surface area contributed by atoms with Crippen LogP contribution in [-0.2, 0) is 6.18 Å². The third-order valence-electron chi connectivity index (χ3n) is 2.63. The maximum atomic E-state index is 13.7. The standard InChI is InChI=1S/C13H11F4N3S/c1-7-3-9(11(14)4-10(7)13(15,16)17)5-18-20-12-19-8(2)6-21-12/h3-6H,1-2H3,(H,19,20). The highest BCUT2D eigenvalue weighted by Crippen LogP contribution is 2.32. The molecule has 0 aliphatic rings. The fourth-order valence-corrected chi connectivity index (χ4v) is 2.31. The zero-order valence-electron chi connectivity index (χ0n) is 11.1. The van der Waals surface area contributed by atoms with Crippen molar-refractivity contribution in [2.24, 2.45) is 5.10 Å². The van der Waals surface area contributed by atoms with Crippen molar-refractivity contribution in [3.8, 4) is 0 Å². The summed E-state index contributed by atoms with van der Waals surface area (Å²) in [6.07, 6.45) is -3.45. The van der Waals surface area contributed by atoms with Crippen molar-refractivity contribution in [3.05, 3.63) is 45.7 Å². The Morgan fingerprint density at radius 1 is 1.29 bits per heavy atom. The van der Waals surface area contributed by atoms with E-state index in [0.29, 0.717) is 11.2 Å². The van der Waals surface area contributed by atoms with Gasteiger partial charge in [-0.15, -0.1) is 11.3 Å². The van der Waals surface area contributed by atoms with Gasteiger partial charge in [-0.3, -0.25) is 5.43 Å². The molecule has 0 unspecified atom stereocenters. The van der Waals surface area contributed by atoms with E-state index in [9.17, 15) is 17.6 Å². The number of thiazole rings is 1. The summed E-state index contributed by atoms with van der Waals surface area (Å²) in [5, 5.41) is 6.10. The number of aromatic nitrogens is 1. The van der Waals surface area contributed by atoms with Crippen molar-refractivity contribution in [2.75, 3.05) is 5.43 Å². The highest BCUT2D eigenvalue weighted by molar-refractivity contribution is 7.13. The Hall–Kier alpha value is -1.96. The molecule has 0 spiro atoms. The van der Waals surface area contributed by atoms with Crippen molar-refractivity contribution in [1.29, 1.82) is 0 Å². The van der Waals surface area contributed by atoms with Crippen LogP contribution < -0.4 is 5.43 Å². The molecule has 112 valence electrons. The number of hydrazone groups is 1. The first-order chi connectivity index (χ1) is 9.77. The summed E-state index contributed by atoms with van der Waals surface area (Å²) in [6.45, 7) is 3.08. The molecule has 1 aromatic heterocycles. The predicted molar refractivity (Wildman–Crippen MR) is 74.2 cm³/mol. The van der Waals surface area contributed by atoms with Gasteiger partial charge in [0, 0.05) is 10.9 Å². The second-order valence-electron chi connectivity index (χ2n) is 4.35. The third kappa shape index (κ3) is 3.78. The zero-order valence-corrected chi connectivity index (χ0v) is 11.9. The average molecular weight is 317 g/mol. The average Bonchev–Trinajstić information content (AvgIpc) is 2.77. The van der Waals surface area contributed by atoms with Crippen molar-refractivity contribution in [3.63, 3.8) is 0 Å². The summed E-state index contributed by atoms with van der Waals surface area (Å²) in [5.74, 6) is -0.978. The lowest BCUT2D eigenvalue weighted by molar-refractivity contribution is -0.138. The first-order valence-electron chi connectivity index (χ1n) is 5.86. The smallest absolute Gasteiger partial charge is 0.253 e. The summed E-state index contributed by atoms with van der Waals surface area (Å²) >= 11 is 1.32. The van der Waals surface area contributed by atoms with Crippen LogP contribution >= 0.6 is 11.3 Å². The maximum absolute atomic E-state index is 13.7. The molecule has 0 aliphatic heterocycles. The number of benzene rings is 1. The lowest BCUT2D eigenvalue weighted by Gasteiger charge is -2.11. The fourth-order valence-electron chi connectivity index (χ4n) is 1.67. The number of alkyl halides is 3. The van der Waals surface area contributed by atoms with Crippen LogP contribution in [0, 0.1) is 19.7 Å². The minimum absolute atomic E-state index is 0.0266. The number of hydrogen-bond acceptors (Lipinski definition) is 4. The molecular formula is C13H11F4N3S. The molecule has 0 saturated carbocycles. The van der Waals surface area contributed by atoms with Gasteiger partial charge in [-0.25, -0.2) is 9.37 Å². The van der Waals surface area contributed by atoms with E-state index in [1.165, 1.54) is 18.3 Å². The van der Waals surface area contributed by atoms with Crippen molar-refractivity contribution in [1.82, 2.24) is 4.98 Å². The Balaban J connectivity index is 2.19. The van der Waals surface area contributed by atoms with Gasteiger partial charge in [0.1, 0.15) is 5.82 Å². The van der Waals surface area contributed by atoms with E-state index >= 15 is 0 Å². The number of nitrogens with zero attached hydrogens (tertiary/aromatic N) is 2. The molecular weight excluding hydrogens is 306 g/mol. The lowest BCUT2D eigenvalue weighted by atomic mass is 10.0. The molecule has 1 N–H and O–H groups in total. The predicted octanol–water partition coefficient (Wildman–Crippen LogP) is 4.36. The number of hydrogen-bond donors (Lipinski definition) is 1. The van der Waals surface area contributed by atoms with E-state index in [-0.39, 0.29) is 11.1 Å². The molecule has 0 amide bonds. The Labute approximate surface area is 122 Å². The summed E-state index contributed by atoms with van der Waals surface area (Å²) in [5.41, 5.74) is 2.34. The van der Waals surface area contributed by atoms with Gasteiger partial charge >= 0.3 is 6.18 Å². The zero-order chi connectivity index (χ0) is 15.6. The van der Waals surface area contributed by atoms with Crippen LogP contribution in [0.2, 0.25) is 0 Å². The molecule has 0 bridgehead atoms. The highest BCUT2D eigenvalue weighted by atomic mass is 32.1. The Morgan fingerprint density at radius 2 is 2.00 bits per heavy atom. The van der Waals surface area contributed by atoms with E-state index in [1.807, 2.05) is 6.92 Å². The second kappa shape index (κ2) is 5.80. The number of nitrogens with one attached hydrogen (secondary N) is 1. The van der Waals surface area contributed by atoms with Crippen LogP contribution in [-0.4, -0.2) is 11.2 Å². The maximum Gasteiger partial charge on any atom is 0.416 e. The van der Waals surface area contributed by atoms with Gasteiger partial charge in [-0.05, 0) is 31.5 Å². The molecule has 2 aromatic rings. The molecule has 0 aliphatic carbocycles. The third-order valence-corrected chi connectivity index (χ3v) is 3.50. The molecule has 3 nitrogen and oxygen atoms in total. The lowest BCUT2D eigenvalue weighted by Crippen LogP contribution is -2.09. The molecule has 21 heavy (non-hydrogen) atoms. The summed E-state index contributed by atoms with van der Waals surface area (Å²) < 4.78 is 51.5. The van der Waals surface area contributed by atoms with Crippen LogP contribution in [0.15, 0.2) is 22.6 Å².